The fourth-order valence-corrected chi connectivity index (χ4v) is 0.305. The first-order chi connectivity index (χ1) is 3.41. The van der Waals surface area contributed by atoms with Gasteiger partial charge < -0.3 is 5.32 Å². The quantitative estimate of drug-likeness (QED) is 0.400. The lowest BCUT2D eigenvalue weighted by molar-refractivity contribution is 0.804. The summed E-state index contributed by atoms with van der Waals surface area (Å²) in [6.45, 7) is 3.80. The van der Waals surface area contributed by atoms with Gasteiger partial charge >= 0.3 is 0 Å². The van der Waals surface area contributed by atoms with Gasteiger partial charge in [-0.25, -0.2) is 0 Å². The van der Waals surface area contributed by atoms with Crippen molar-refractivity contribution in [2.45, 2.75) is 6.92 Å². The molecule has 0 rings (SSSR count). The van der Waals surface area contributed by atoms with E-state index in [1.807, 2.05) is 20.2 Å². The summed E-state index contributed by atoms with van der Waals surface area (Å²) in [6, 6.07) is 0. The maximum Gasteiger partial charge on any atom is 0.0510 e. The van der Waals surface area contributed by atoms with Gasteiger partial charge in [-0.3, -0.25) is 4.99 Å². The average molecular weight is 100 g/mol. The van der Waals surface area contributed by atoms with Crippen molar-refractivity contribution in [3.63, 3.8) is 0 Å². The highest BCUT2D eigenvalue weighted by atomic mass is 14.8. The summed E-state index contributed by atoms with van der Waals surface area (Å²) in [5.41, 5.74) is 0. The van der Waals surface area contributed by atoms with Gasteiger partial charge in [0.25, 0.3) is 0 Å². The number of hydrogen-bond donors (Lipinski definition) is 1. The Labute approximate surface area is 44.6 Å². The molecule has 0 bridgehead atoms. The number of hydrogen-bond acceptors (Lipinski definition) is 2. The molecule has 0 aromatic heterocycles. The Bertz CT molecular complexity index is 50.0. The minimum absolute atomic E-state index is 0.896. The molecule has 0 aromatic rings. The van der Waals surface area contributed by atoms with E-state index < -0.39 is 0 Å². The van der Waals surface area contributed by atoms with E-state index >= 15 is 0 Å². The summed E-state index contributed by atoms with van der Waals surface area (Å²) in [7, 11) is 1.92. The van der Waals surface area contributed by atoms with E-state index in [9.17, 15) is 0 Å². The van der Waals surface area contributed by atoms with Crippen LogP contribution in [-0.2, 0) is 0 Å². The lowest BCUT2D eigenvalue weighted by atomic mass is 10.6. The first kappa shape index (κ1) is 6.63. The first-order valence-corrected chi connectivity index (χ1v) is 2.51. The highest BCUT2D eigenvalue weighted by Gasteiger charge is 1.70. The third-order valence-corrected chi connectivity index (χ3v) is 0.673. The molecular formula is C5H12N2. The van der Waals surface area contributed by atoms with Gasteiger partial charge in [-0.05, 0) is 20.2 Å². The zero-order valence-electron chi connectivity index (χ0n) is 4.94. The fraction of sp³-hybridized carbons (Fsp3) is 0.800. The second-order valence-electron chi connectivity index (χ2n) is 1.27. The molecule has 0 radical (unpaired) electrons. The molecule has 0 saturated heterocycles. The van der Waals surface area contributed by atoms with Gasteiger partial charge in [-0.2, -0.15) is 0 Å². The lowest BCUT2D eigenvalue weighted by Gasteiger charge is -1.88. The molecule has 0 aliphatic heterocycles. The second-order valence-corrected chi connectivity index (χ2v) is 1.27. The number of likely N-dealkylation sites (N-methyl/N-ethyl adjacent to an activating group) is 1. The molecule has 0 atom stereocenters. The first-order valence-electron chi connectivity index (χ1n) is 2.51. The summed E-state index contributed by atoms with van der Waals surface area (Å²) in [6.07, 6.45) is 1.82. The monoisotopic (exact) mass is 100 g/mol. The molecule has 0 aliphatic carbocycles. The summed E-state index contributed by atoms with van der Waals surface area (Å²) >= 11 is 0. The maximum absolute atomic E-state index is 3.97. The van der Waals surface area contributed by atoms with Crippen molar-refractivity contribution in [3.8, 4) is 0 Å². The Balaban J connectivity index is 2.69. The van der Waals surface area contributed by atoms with Gasteiger partial charge in [0, 0.05) is 6.54 Å². The third kappa shape index (κ3) is 5.63. The van der Waals surface area contributed by atoms with Crippen molar-refractivity contribution in [1.82, 2.24) is 5.32 Å². The molecule has 0 heterocycles. The predicted octanol–water partition coefficient (Wildman–Crippen LogP) is 0.297. The molecular weight excluding hydrogens is 88.1 g/mol. The van der Waals surface area contributed by atoms with Crippen molar-refractivity contribution in [1.29, 1.82) is 0 Å². The molecule has 0 fully saturated rings. The van der Waals surface area contributed by atoms with Crippen LogP contribution >= 0.6 is 0 Å². The standard InChI is InChI=1S/C5H12N2/c1-3-7-5-4-6-2/h3,6H,4-5H2,1-2H3. The van der Waals surface area contributed by atoms with E-state index in [-0.39, 0.29) is 0 Å². The normalized spacial score (nSPS) is 10.6. The van der Waals surface area contributed by atoms with Crippen LogP contribution in [0.2, 0.25) is 0 Å². The molecule has 0 aromatic carbocycles. The predicted molar refractivity (Wildman–Crippen MR) is 33.0 cm³/mol. The summed E-state index contributed by atoms with van der Waals surface area (Å²) in [5.74, 6) is 0. The van der Waals surface area contributed by atoms with Crippen LogP contribution in [0.5, 0.6) is 0 Å². The Morgan fingerprint density at radius 2 is 2.43 bits per heavy atom. The number of nitrogens with one attached hydrogen (secondary N) is 1. The maximum atomic E-state index is 3.97. The summed E-state index contributed by atoms with van der Waals surface area (Å²) in [5, 5.41) is 2.99. The van der Waals surface area contributed by atoms with E-state index in [1.165, 1.54) is 0 Å². The highest BCUT2D eigenvalue weighted by molar-refractivity contribution is 5.53. The molecule has 0 saturated carbocycles. The van der Waals surface area contributed by atoms with Crippen molar-refractivity contribution in [2.24, 2.45) is 4.99 Å². The molecule has 2 heteroatoms. The molecule has 1 N–H and O–H groups in total. The number of rotatable bonds is 3. The van der Waals surface area contributed by atoms with Crippen molar-refractivity contribution >= 4 is 6.21 Å². The molecule has 0 spiro atoms. The molecule has 2 nitrogen and oxygen atoms in total. The van der Waals surface area contributed by atoms with Crippen LogP contribution in [0.15, 0.2) is 4.99 Å². The van der Waals surface area contributed by atoms with Crippen LogP contribution in [-0.4, -0.2) is 26.4 Å². The average Bonchev–Trinajstić information content (AvgIpc) is 1.69. The molecule has 42 valence electrons. The summed E-state index contributed by atoms with van der Waals surface area (Å²) in [4.78, 5) is 3.97. The minimum atomic E-state index is 0.896. The molecule has 0 amide bonds. The molecule has 7 heavy (non-hydrogen) atoms. The molecule has 0 aliphatic rings. The van der Waals surface area contributed by atoms with Crippen molar-refractivity contribution in [2.75, 3.05) is 20.1 Å². The van der Waals surface area contributed by atoms with Gasteiger partial charge in [-0.15, -0.1) is 0 Å². The SMILES string of the molecule is CC=NCCNC. The minimum Gasteiger partial charge on any atom is -0.318 e. The van der Waals surface area contributed by atoms with Crippen molar-refractivity contribution in [3.05, 3.63) is 0 Å². The Kier molecular flexibility index (Phi) is 5.33. The van der Waals surface area contributed by atoms with Crippen LogP contribution < -0.4 is 5.32 Å². The van der Waals surface area contributed by atoms with E-state index in [0.717, 1.165) is 13.1 Å². The van der Waals surface area contributed by atoms with Crippen LogP contribution in [0, 0.1) is 0 Å². The van der Waals surface area contributed by atoms with Gasteiger partial charge in [0.05, 0.1) is 6.54 Å². The molecule has 0 unspecified atom stereocenters. The second kappa shape index (κ2) is 5.63. The Morgan fingerprint density at radius 1 is 1.71 bits per heavy atom. The zero-order valence-corrected chi connectivity index (χ0v) is 4.94. The van der Waals surface area contributed by atoms with Crippen LogP contribution in [0.3, 0.4) is 0 Å². The van der Waals surface area contributed by atoms with E-state index in [0.29, 0.717) is 0 Å². The lowest BCUT2D eigenvalue weighted by Crippen LogP contribution is -2.10. The van der Waals surface area contributed by atoms with Crippen molar-refractivity contribution < 1.29 is 0 Å². The zero-order chi connectivity index (χ0) is 5.54. The Morgan fingerprint density at radius 3 is 2.86 bits per heavy atom. The van der Waals surface area contributed by atoms with E-state index in [2.05, 4.69) is 10.3 Å². The highest BCUT2D eigenvalue weighted by Crippen LogP contribution is 1.61. The third-order valence-electron chi connectivity index (χ3n) is 0.673. The number of nitrogens with zero attached hydrogens (tertiary/aromatic N) is 1. The smallest absolute Gasteiger partial charge is 0.0510 e. The van der Waals surface area contributed by atoms with Crippen LogP contribution in [0.4, 0.5) is 0 Å². The van der Waals surface area contributed by atoms with Gasteiger partial charge in [0.2, 0.25) is 0 Å². The summed E-state index contributed by atoms with van der Waals surface area (Å²) < 4.78 is 0. The van der Waals surface area contributed by atoms with Gasteiger partial charge in [0.1, 0.15) is 0 Å². The van der Waals surface area contributed by atoms with Crippen LogP contribution in [0.1, 0.15) is 6.92 Å². The van der Waals surface area contributed by atoms with Gasteiger partial charge in [0.15, 0.2) is 0 Å². The Hall–Kier alpha value is -0.370. The number of aliphatic imine (C=N–C) groups is 1. The van der Waals surface area contributed by atoms with E-state index in [1.54, 1.807) is 0 Å². The van der Waals surface area contributed by atoms with Crippen LogP contribution in [0.25, 0.3) is 0 Å². The van der Waals surface area contributed by atoms with E-state index in [4.69, 9.17) is 0 Å². The largest absolute Gasteiger partial charge is 0.318 e. The fourth-order valence-electron chi connectivity index (χ4n) is 0.305. The van der Waals surface area contributed by atoms with Gasteiger partial charge in [-0.1, -0.05) is 0 Å². The topological polar surface area (TPSA) is 24.4 Å².